The van der Waals surface area contributed by atoms with Crippen LogP contribution in [-0.2, 0) is 20.7 Å². The second-order valence-electron chi connectivity index (χ2n) is 6.79. The highest BCUT2D eigenvalue weighted by Gasteiger charge is 2.27. The van der Waals surface area contributed by atoms with Crippen molar-refractivity contribution >= 4 is 17.5 Å². The van der Waals surface area contributed by atoms with Gasteiger partial charge < -0.3 is 24.4 Å². The molecular formula is C22H26N2O5. The molecule has 0 aromatic heterocycles. The van der Waals surface area contributed by atoms with Crippen LogP contribution < -0.4 is 19.7 Å². The third-order valence-electron chi connectivity index (χ3n) is 4.84. The van der Waals surface area contributed by atoms with E-state index in [4.69, 9.17) is 14.2 Å². The Morgan fingerprint density at radius 3 is 2.31 bits per heavy atom. The largest absolute Gasteiger partial charge is 0.497 e. The van der Waals surface area contributed by atoms with Crippen molar-refractivity contribution < 1.29 is 23.8 Å². The van der Waals surface area contributed by atoms with Crippen LogP contribution in [0.5, 0.6) is 11.5 Å². The highest BCUT2D eigenvalue weighted by molar-refractivity contribution is 5.95. The third kappa shape index (κ3) is 5.71. The van der Waals surface area contributed by atoms with E-state index in [0.29, 0.717) is 25.9 Å². The van der Waals surface area contributed by atoms with E-state index < -0.39 is 0 Å². The van der Waals surface area contributed by atoms with Crippen LogP contribution in [0.25, 0.3) is 0 Å². The second kappa shape index (κ2) is 9.93. The van der Waals surface area contributed by atoms with Crippen molar-refractivity contribution in [2.45, 2.75) is 18.9 Å². The van der Waals surface area contributed by atoms with Crippen molar-refractivity contribution in [2.75, 3.05) is 38.8 Å². The molecule has 1 aliphatic heterocycles. The Bertz CT molecular complexity index is 820. The van der Waals surface area contributed by atoms with Gasteiger partial charge in [0.15, 0.2) is 0 Å². The van der Waals surface area contributed by atoms with E-state index in [0.717, 1.165) is 22.7 Å². The van der Waals surface area contributed by atoms with Gasteiger partial charge in [-0.2, -0.15) is 0 Å². The minimum absolute atomic E-state index is 0.00157. The molecule has 2 aromatic carbocycles. The van der Waals surface area contributed by atoms with Crippen molar-refractivity contribution in [1.29, 1.82) is 0 Å². The smallest absolute Gasteiger partial charge is 0.253 e. The highest BCUT2D eigenvalue weighted by atomic mass is 16.5. The molecule has 1 N–H and O–H groups in total. The minimum Gasteiger partial charge on any atom is -0.497 e. The number of hydrogen-bond donors (Lipinski definition) is 1. The maximum Gasteiger partial charge on any atom is 0.253 e. The van der Waals surface area contributed by atoms with Crippen LogP contribution in [0.15, 0.2) is 48.5 Å². The number of carbonyl (C=O) groups excluding carboxylic acids is 2. The molecular weight excluding hydrogens is 372 g/mol. The van der Waals surface area contributed by atoms with E-state index in [9.17, 15) is 9.59 Å². The average Bonchev–Trinajstić information content (AvgIpc) is 2.77. The topological polar surface area (TPSA) is 77.1 Å². The van der Waals surface area contributed by atoms with Crippen LogP contribution in [0.4, 0.5) is 5.69 Å². The van der Waals surface area contributed by atoms with E-state index >= 15 is 0 Å². The molecule has 7 nitrogen and oxygen atoms in total. The van der Waals surface area contributed by atoms with Crippen molar-refractivity contribution in [2.24, 2.45) is 0 Å². The molecule has 1 fully saturated rings. The maximum atomic E-state index is 12.2. The van der Waals surface area contributed by atoms with E-state index in [1.807, 2.05) is 48.5 Å². The number of aryl methyl sites for hydroxylation is 1. The molecule has 2 amide bonds. The first-order valence-corrected chi connectivity index (χ1v) is 9.54. The first-order chi connectivity index (χ1) is 14.1. The molecule has 0 spiro atoms. The Morgan fingerprint density at radius 2 is 1.69 bits per heavy atom. The Balaban J connectivity index is 1.46. The Labute approximate surface area is 170 Å². The van der Waals surface area contributed by atoms with Gasteiger partial charge in [0.05, 0.1) is 26.9 Å². The summed E-state index contributed by atoms with van der Waals surface area (Å²) in [5.74, 6) is 1.38. The lowest BCUT2D eigenvalue weighted by atomic mass is 10.1. The summed E-state index contributed by atoms with van der Waals surface area (Å²) in [6.45, 7) is 0.754. The summed E-state index contributed by atoms with van der Waals surface area (Å²) in [6.07, 6.45) is 0.789. The fourth-order valence-corrected chi connectivity index (χ4v) is 3.13. The number of nitrogens with zero attached hydrogens (tertiary/aromatic N) is 1. The Hall–Kier alpha value is -3.06. The standard InChI is InChI=1S/C22H26N2O5/c1-27-18-8-3-16(4-9-18)5-12-21(25)23-13-20-14-24(22(26)15-29-20)17-6-10-19(28-2)11-7-17/h3-4,6-11,20H,5,12-15H2,1-2H3,(H,23,25). The molecule has 0 bridgehead atoms. The summed E-state index contributed by atoms with van der Waals surface area (Å²) in [4.78, 5) is 26.1. The second-order valence-corrected chi connectivity index (χ2v) is 6.79. The van der Waals surface area contributed by atoms with Gasteiger partial charge in [-0.3, -0.25) is 9.59 Å². The number of methoxy groups -OCH3 is 2. The van der Waals surface area contributed by atoms with E-state index in [2.05, 4.69) is 5.32 Å². The lowest BCUT2D eigenvalue weighted by Crippen LogP contribution is -2.50. The van der Waals surface area contributed by atoms with Crippen molar-refractivity contribution in [3.63, 3.8) is 0 Å². The first kappa shape index (κ1) is 20.7. The van der Waals surface area contributed by atoms with Gasteiger partial charge in [-0.05, 0) is 48.4 Å². The third-order valence-corrected chi connectivity index (χ3v) is 4.84. The summed E-state index contributed by atoms with van der Waals surface area (Å²) >= 11 is 0. The molecule has 154 valence electrons. The Morgan fingerprint density at radius 1 is 1.07 bits per heavy atom. The summed E-state index contributed by atoms with van der Waals surface area (Å²) in [5, 5.41) is 2.90. The number of benzene rings is 2. The SMILES string of the molecule is COc1ccc(CCC(=O)NCC2CN(c3ccc(OC)cc3)C(=O)CO2)cc1. The molecule has 2 aromatic rings. The number of rotatable bonds is 8. The van der Waals surface area contributed by atoms with E-state index in [1.54, 1.807) is 19.1 Å². The van der Waals surface area contributed by atoms with Crippen LogP contribution in [0, 0.1) is 0 Å². The van der Waals surface area contributed by atoms with Gasteiger partial charge in [-0.15, -0.1) is 0 Å². The normalized spacial score (nSPS) is 16.4. The molecule has 1 saturated heterocycles. The summed E-state index contributed by atoms with van der Waals surface area (Å²) in [6, 6.07) is 15.0. The summed E-state index contributed by atoms with van der Waals surface area (Å²) < 4.78 is 15.9. The lowest BCUT2D eigenvalue weighted by Gasteiger charge is -2.33. The van der Waals surface area contributed by atoms with Gasteiger partial charge >= 0.3 is 0 Å². The quantitative estimate of drug-likeness (QED) is 0.738. The van der Waals surface area contributed by atoms with Gasteiger partial charge in [0.25, 0.3) is 5.91 Å². The number of carbonyl (C=O) groups is 2. The number of amides is 2. The van der Waals surface area contributed by atoms with E-state index in [1.165, 1.54) is 0 Å². The zero-order chi connectivity index (χ0) is 20.6. The van der Waals surface area contributed by atoms with Crippen molar-refractivity contribution in [1.82, 2.24) is 5.32 Å². The molecule has 1 atom stereocenters. The van der Waals surface area contributed by atoms with Crippen LogP contribution in [-0.4, -0.2) is 51.8 Å². The predicted octanol–water partition coefficient (Wildman–Crippen LogP) is 2.18. The lowest BCUT2D eigenvalue weighted by molar-refractivity contribution is -0.129. The van der Waals surface area contributed by atoms with Gasteiger partial charge in [-0.25, -0.2) is 0 Å². The molecule has 1 aliphatic rings. The molecule has 7 heteroatoms. The number of morpholine rings is 1. The fourth-order valence-electron chi connectivity index (χ4n) is 3.13. The average molecular weight is 398 g/mol. The Kier molecular flexibility index (Phi) is 7.08. The molecule has 29 heavy (non-hydrogen) atoms. The summed E-state index contributed by atoms with van der Waals surface area (Å²) in [7, 11) is 3.22. The molecule has 1 heterocycles. The van der Waals surface area contributed by atoms with E-state index in [-0.39, 0.29) is 24.5 Å². The van der Waals surface area contributed by atoms with Crippen LogP contribution in [0.1, 0.15) is 12.0 Å². The number of hydrogen-bond acceptors (Lipinski definition) is 5. The van der Waals surface area contributed by atoms with Crippen LogP contribution in [0.2, 0.25) is 0 Å². The van der Waals surface area contributed by atoms with Gasteiger partial charge in [0, 0.05) is 18.7 Å². The van der Waals surface area contributed by atoms with Crippen molar-refractivity contribution in [3.05, 3.63) is 54.1 Å². The van der Waals surface area contributed by atoms with Gasteiger partial charge in [0.1, 0.15) is 18.1 Å². The molecule has 0 aliphatic carbocycles. The van der Waals surface area contributed by atoms with Gasteiger partial charge in [0.2, 0.25) is 5.91 Å². The molecule has 3 rings (SSSR count). The maximum absolute atomic E-state index is 12.2. The molecule has 0 radical (unpaired) electrons. The minimum atomic E-state index is -0.250. The monoisotopic (exact) mass is 398 g/mol. The zero-order valence-corrected chi connectivity index (χ0v) is 16.7. The summed E-state index contributed by atoms with van der Waals surface area (Å²) in [5.41, 5.74) is 1.86. The number of nitrogens with one attached hydrogen (secondary N) is 1. The van der Waals surface area contributed by atoms with Crippen LogP contribution in [0.3, 0.4) is 0 Å². The van der Waals surface area contributed by atoms with Gasteiger partial charge in [-0.1, -0.05) is 12.1 Å². The van der Waals surface area contributed by atoms with Crippen molar-refractivity contribution in [3.8, 4) is 11.5 Å². The highest BCUT2D eigenvalue weighted by Crippen LogP contribution is 2.22. The first-order valence-electron chi connectivity index (χ1n) is 9.54. The molecule has 1 unspecified atom stereocenters. The fraction of sp³-hybridized carbons (Fsp3) is 0.364. The zero-order valence-electron chi connectivity index (χ0n) is 16.7. The number of ether oxygens (including phenoxy) is 3. The molecule has 0 saturated carbocycles. The number of anilines is 1. The van der Waals surface area contributed by atoms with Crippen LogP contribution >= 0.6 is 0 Å². The predicted molar refractivity (Wildman–Crippen MR) is 109 cm³/mol.